The Morgan fingerprint density at radius 1 is 1.11 bits per heavy atom. The molecule has 0 saturated heterocycles. The molecule has 10 heteroatoms. The van der Waals surface area contributed by atoms with Crippen LogP contribution in [0, 0.1) is 5.92 Å². The Bertz CT molecular complexity index is 540. The highest BCUT2D eigenvalue weighted by Crippen LogP contribution is 2.27. The van der Waals surface area contributed by atoms with Gasteiger partial charge in [-0.2, -0.15) is 8.42 Å². The van der Waals surface area contributed by atoms with Gasteiger partial charge in [0.25, 0.3) is 10.1 Å². The molecule has 0 aromatic rings. The zero-order valence-electron chi connectivity index (χ0n) is 16.6. The third-order valence-corrected chi connectivity index (χ3v) is 5.07. The van der Waals surface area contributed by atoms with Crippen LogP contribution in [-0.4, -0.2) is 75.6 Å². The highest BCUT2D eigenvalue weighted by Gasteiger charge is 2.31. The normalized spacial score (nSPS) is 21.4. The number of ether oxygens (including phenoxy) is 4. The maximum absolute atomic E-state index is 11.6. The van der Waals surface area contributed by atoms with Crippen LogP contribution in [0.3, 0.4) is 0 Å². The number of amides is 1. The first-order valence-corrected chi connectivity index (χ1v) is 10.7. The lowest BCUT2D eigenvalue weighted by Crippen LogP contribution is -2.47. The molecule has 9 nitrogen and oxygen atoms in total. The zero-order valence-corrected chi connectivity index (χ0v) is 17.4. The average molecular weight is 412 g/mol. The van der Waals surface area contributed by atoms with Crippen LogP contribution >= 0.6 is 0 Å². The molecule has 0 aromatic heterocycles. The predicted octanol–water partition coefficient (Wildman–Crippen LogP) is 1.62. The highest BCUT2D eigenvalue weighted by atomic mass is 32.2. The Kier molecular flexibility index (Phi) is 9.96. The maximum Gasteiger partial charge on any atom is 0.407 e. The van der Waals surface area contributed by atoms with Gasteiger partial charge in [0, 0.05) is 12.6 Å². The smallest absolute Gasteiger partial charge is 0.407 e. The molecule has 160 valence electrons. The van der Waals surface area contributed by atoms with Gasteiger partial charge >= 0.3 is 6.09 Å². The zero-order chi connectivity index (χ0) is 20.5. The number of alkyl carbamates (subject to hydrolysis) is 1. The van der Waals surface area contributed by atoms with Crippen molar-refractivity contribution >= 4 is 16.2 Å². The molecule has 0 aromatic carbocycles. The van der Waals surface area contributed by atoms with Gasteiger partial charge in [-0.15, -0.1) is 0 Å². The summed E-state index contributed by atoms with van der Waals surface area (Å²) in [5, 5.41) is 1.89. The predicted molar refractivity (Wildman–Crippen MR) is 99.3 cm³/mol. The number of rotatable bonds is 12. The molecule has 1 aliphatic carbocycles. The lowest BCUT2D eigenvalue weighted by molar-refractivity contribution is -0.00510. The van der Waals surface area contributed by atoms with E-state index in [0.717, 1.165) is 12.8 Å². The maximum atomic E-state index is 11.6. The second-order valence-corrected chi connectivity index (χ2v) is 9.60. The number of hydrogen-bond donors (Lipinski definition) is 2. The number of hydrogen-bond acceptors (Lipinski definition) is 7. The van der Waals surface area contributed by atoms with Gasteiger partial charge in [0.2, 0.25) is 0 Å². The van der Waals surface area contributed by atoms with E-state index >= 15 is 0 Å². The summed E-state index contributed by atoms with van der Waals surface area (Å²) >= 11 is 0. The molecule has 1 unspecified atom stereocenters. The van der Waals surface area contributed by atoms with E-state index in [-0.39, 0.29) is 25.3 Å². The summed E-state index contributed by atoms with van der Waals surface area (Å²) in [6, 6.07) is 0.145. The van der Waals surface area contributed by atoms with Crippen LogP contribution in [0.1, 0.15) is 40.5 Å². The number of carbonyl (C=O) groups excluding carboxylic acids is 1. The highest BCUT2D eigenvalue weighted by molar-refractivity contribution is 7.86. The van der Waals surface area contributed by atoms with Crippen molar-refractivity contribution in [1.82, 2.24) is 5.32 Å². The molecular weight excluding hydrogens is 378 g/mol. The SMILES string of the molecule is CC(COCCOCCOCC1CC(NC(=O)OC(C)(C)C)C1)S(=O)(=O)O. The first kappa shape index (κ1) is 24.1. The van der Waals surface area contributed by atoms with Crippen LogP contribution in [0.15, 0.2) is 0 Å². The monoisotopic (exact) mass is 411 g/mol. The Labute approximate surface area is 161 Å². The van der Waals surface area contributed by atoms with Gasteiger partial charge in [0.15, 0.2) is 0 Å². The van der Waals surface area contributed by atoms with E-state index in [0.29, 0.717) is 32.3 Å². The van der Waals surface area contributed by atoms with E-state index in [1.807, 2.05) is 20.8 Å². The fourth-order valence-electron chi connectivity index (χ4n) is 2.39. The summed E-state index contributed by atoms with van der Waals surface area (Å²) in [6.45, 7) is 8.88. The first-order valence-electron chi connectivity index (χ1n) is 9.16. The van der Waals surface area contributed by atoms with Gasteiger partial charge in [-0.3, -0.25) is 4.55 Å². The van der Waals surface area contributed by atoms with E-state index in [1.54, 1.807) is 0 Å². The summed E-state index contributed by atoms with van der Waals surface area (Å²) in [7, 11) is -4.05. The molecule has 0 spiro atoms. The summed E-state index contributed by atoms with van der Waals surface area (Å²) < 4.78 is 51.5. The molecule has 1 saturated carbocycles. The molecule has 1 aliphatic rings. The minimum atomic E-state index is -4.05. The van der Waals surface area contributed by atoms with Crippen molar-refractivity contribution in [1.29, 1.82) is 0 Å². The van der Waals surface area contributed by atoms with Gasteiger partial charge in [-0.1, -0.05) is 0 Å². The Morgan fingerprint density at radius 3 is 2.22 bits per heavy atom. The van der Waals surface area contributed by atoms with E-state index in [9.17, 15) is 13.2 Å². The summed E-state index contributed by atoms with van der Waals surface area (Å²) in [5.74, 6) is 0.426. The van der Waals surface area contributed by atoms with Crippen LogP contribution in [0.25, 0.3) is 0 Å². The molecule has 0 radical (unpaired) electrons. The fraction of sp³-hybridized carbons (Fsp3) is 0.941. The summed E-state index contributed by atoms with van der Waals surface area (Å²) in [4.78, 5) is 11.6. The van der Waals surface area contributed by atoms with Gasteiger partial charge < -0.3 is 24.3 Å². The van der Waals surface area contributed by atoms with Crippen LogP contribution in [0.5, 0.6) is 0 Å². The van der Waals surface area contributed by atoms with Gasteiger partial charge in [-0.25, -0.2) is 4.79 Å². The largest absolute Gasteiger partial charge is 0.444 e. The van der Waals surface area contributed by atoms with E-state index in [1.165, 1.54) is 6.92 Å². The molecule has 1 atom stereocenters. The van der Waals surface area contributed by atoms with Crippen molar-refractivity contribution in [2.45, 2.75) is 57.4 Å². The van der Waals surface area contributed by atoms with E-state index in [4.69, 9.17) is 23.5 Å². The number of carbonyl (C=O) groups is 1. The molecule has 1 amide bonds. The molecule has 1 fully saturated rings. The third-order valence-electron chi connectivity index (χ3n) is 3.92. The van der Waals surface area contributed by atoms with Crippen LogP contribution in [0.2, 0.25) is 0 Å². The van der Waals surface area contributed by atoms with Crippen molar-refractivity contribution in [3.05, 3.63) is 0 Å². The van der Waals surface area contributed by atoms with Crippen molar-refractivity contribution < 1.29 is 36.7 Å². The van der Waals surface area contributed by atoms with Crippen LogP contribution < -0.4 is 5.32 Å². The van der Waals surface area contributed by atoms with E-state index < -0.39 is 21.0 Å². The third kappa shape index (κ3) is 11.5. The molecule has 1 rings (SSSR count). The number of nitrogens with one attached hydrogen (secondary N) is 1. The summed E-state index contributed by atoms with van der Waals surface area (Å²) in [5.41, 5.74) is -0.490. The van der Waals surface area contributed by atoms with Gasteiger partial charge in [0.05, 0.1) is 33.0 Å². The van der Waals surface area contributed by atoms with Crippen molar-refractivity contribution in [3.63, 3.8) is 0 Å². The Morgan fingerprint density at radius 2 is 1.67 bits per heavy atom. The molecule has 0 aliphatic heterocycles. The molecular formula is C17H33NO8S. The van der Waals surface area contributed by atoms with E-state index in [2.05, 4.69) is 5.32 Å². The average Bonchev–Trinajstić information content (AvgIpc) is 2.47. The fourth-order valence-corrected chi connectivity index (χ4v) is 2.66. The standard InChI is InChI=1S/C17H33NO8S/c1-13(27(20,21)22)11-24-7-5-23-6-8-25-12-14-9-15(10-14)18-16(19)26-17(2,3)4/h13-15H,5-12H2,1-4H3,(H,18,19)(H,20,21,22). The van der Waals surface area contributed by atoms with Crippen LogP contribution in [-0.2, 0) is 29.1 Å². The second kappa shape index (κ2) is 11.2. The lowest BCUT2D eigenvalue weighted by Gasteiger charge is -2.35. The minimum Gasteiger partial charge on any atom is -0.444 e. The first-order chi connectivity index (χ1) is 12.5. The molecule has 0 heterocycles. The molecule has 0 bridgehead atoms. The lowest BCUT2D eigenvalue weighted by atomic mass is 9.81. The Balaban J connectivity index is 1.90. The molecule has 2 N–H and O–H groups in total. The molecule has 27 heavy (non-hydrogen) atoms. The van der Waals surface area contributed by atoms with Crippen molar-refractivity contribution in [2.75, 3.05) is 39.6 Å². The quantitative estimate of drug-likeness (QED) is 0.367. The van der Waals surface area contributed by atoms with Gasteiger partial charge in [-0.05, 0) is 46.5 Å². The van der Waals surface area contributed by atoms with Crippen molar-refractivity contribution in [3.8, 4) is 0 Å². The van der Waals surface area contributed by atoms with Crippen molar-refractivity contribution in [2.24, 2.45) is 5.92 Å². The Hall–Kier alpha value is -0.940. The minimum absolute atomic E-state index is 0.0706. The summed E-state index contributed by atoms with van der Waals surface area (Å²) in [6.07, 6.45) is 1.37. The topological polar surface area (TPSA) is 120 Å². The van der Waals surface area contributed by atoms with Crippen LogP contribution in [0.4, 0.5) is 4.79 Å². The second-order valence-electron chi connectivity index (χ2n) is 7.77. The van der Waals surface area contributed by atoms with Gasteiger partial charge in [0.1, 0.15) is 10.9 Å².